The number of fused-ring (bicyclic) bond motifs is 5. The lowest BCUT2D eigenvalue weighted by atomic mass is 9.89. The third-order valence-electron chi connectivity index (χ3n) is 6.51. The zero-order valence-corrected chi connectivity index (χ0v) is 17.2. The van der Waals surface area contributed by atoms with Crippen LogP contribution in [0.15, 0.2) is 24.4 Å². The molecule has 2 bridgehead atoms. The molecule has 0 radical (unpaired) electrons. The van der Waals surface area contributed by atoms with Crippen molar-refractivity contribution in [1.82, 2.24) is 9.88 Å². The van der Waals surface area contributed by atoms with Gasteiger partial charge in [-0.05, 0) is 72.9 Å². The minimum Gasteiger partial charge on any atom is -0.354 e. The summed E-state index contributed by atoms with van der Waals surface area (Å²) in [6.07, 6.45) is 5.06. The van der Waals surface area contributed by atoms with E-state index in [1.165, 1.54) is 11.6 Å². The van der Waals surface area contributed by atoms with Crippen molar-refractivity contribution in [2.24, 2.45) is 0 Å². The lowest BCUT2D eigenvalue weighted by Crippen LogP contribution is -2.42. The molecular weight excluding hydrogens is 389 g/mol. The highest BCUT2D eigenvalue weighted by molar-refractivity contribution is 7.85. The summed E-state index contributed by atoms with van der Waals surface area (Å²) in [4.78, 5) is 19.6. The minimum atomic E-state index is -0.816. The highest BCUT2D eigenvalue weighted by atomic mass is 32.2. The molecule has 5 nitrogen and oxygen atoms in total. The summed E-state index contributed by atoms with van der Waals surface area (Å²) in [5.41, 5.74) is 5.22. The van der Waals surface area contributed by atoms with Gasteiger partial charge in [-0.15, -0.1) is 0 Å². The number of halogens is 1. The molecule has 1 saturated carbocycles. The van der Waals surface area contributed by atoms with Crippen LogP contribution in [0.2, 0.25) is 0 Å². The minimum absolute atomic E-state index is 0.0327. The zero-order valence-electron chi connectivity index (χ0n) is 16.4. The number of pyridine rings is 1. The molecule has 5 rings (SSSR count). The number of anilines is 2. The maximum Gasteiger partial charge on any atom is 0.272 e. The van der Waals surface area contributed by atoms with E-state index in [2.05, 4.69) is 10.3 Å². The molecule has 0 spiro atoms. The fraction of sp³-hybridized carbons (Fsp3) is 0.455. The Labute approximate surface area is 172 Å². The second kappa shape index (κ2) is 7.20. The molecule has 2 heterocycles. The molecule has 1 aromatic heterocycles. The van der Waals surface area contributed by atoms with E-state index in [0.29, 0.717) is 47.7 Å². The van der Waals surface area contributed by atoms with E-state index in [4.69, 9.17) is 0 Å². The Morgan fingerprint density at radius 2 is 1.93 bits per heavy atom. The standard InChI is InChI=1S/C22H24FN3O2S/c1-13-10-16(4-5-17(13)23)25-18-12-24-21(20-15-3-2-14(11-15)19(18)20)22(27)26-6-8-29(28)9-7-26/h4-5,10,12,14-15,25H,2-3,6-9,11H2,1H3. The normalized spacial score (nSPS) is 23.3. The van der Waals surface area contributed by atoms with Crippen molar-refractivity contribution in [3.8, 4) is 0 Å². The number of aromatic nitrogens is 1. The Kier molecular flexibility index (Phi) is 4.65. The summed E-state index contributed by atoms with van der Waals surface area (Å²) < 4.78 is 25.3. The van der Waals surface area contributed by atoms with Crippen LogP contribution in [0.1, 0.15) is 58.3 Å². The molecular formula is C22H24FN3O2S. The monoisotopic (exact) mass is 413 g/mol. The number of rotatable bonds is 3. The smallest absolute Gasteiger partial charge is 0.272 e. The van der Waals surface area contributed by atoms with Crippen molar-refractivity contribution >= 4 is 28.1 Å². The summed E-state index contributed by atoms with van der Waals surface area (Å²) >= 11 is 0. The maximum absolute atomic E-state index is 13.6. The van der Waals surface area contributed by atoms with Gasteiger partial charge in [-0.3, -0.25) is 9.00 Å². The molecule has 152 valence electrons. The van der Waals surface area contributed by atoms with Gasteiger partial charge in [-0.25, -0.2) is 9.37 Å². The number of carbonyl (C=O) groups is 1. The summed E-state index contributed by atoms with van der Waals surface area (Å²) in [5, 5.41) is 3.41. The first-order valence-corrected chi connectivity index (χ1v) is 11.7. The van der Waals surface area contributed by atoms with E-state index in [-0.39, 0.29) is 11.7 Å². The number of hydrogen-bond acceptors (Lipinski definition) is 4. The fourth-order valence-electron chi connectivity index (χ4n) is 5.04. The first-order valence-electron chi connectivity index (χ1n) is 10.2. The Morgan fingerprint density at radius 1 is 1.21 bits per heavy atom. The number of carbonyl (C=O) groups excluding carboxylic acids is 1. The van der Waals surface area contributed by atoms with Gasteiger partial charge in [0.2, 0.25) is 0 Å². The number of benzene rings is 1. The Bertz CT molecular complexity index is 1020. The molecule has 2 aromatic rings. The summed E-state index contributed by atoms with van der Waals surface area (Å²) in [6, 6.07) is 4.99. The molecule has 29 heavy (non-hydrogen) atoms. The second-order valence-electron chi connectivity index (χ2n) is 8.28. The quantitative estimate of drug-likeness (QED) is 0.831. The molecule has 2 aliphatic carbocycles. The third kappa shape index (κ3) is 3.25. The lowest BCUT2D eigenvalue weighted by Gasteiger charge is -2.28. The van der Waals surface area contributed by atoms with Crippen LogP contribution in [0.4, 0.5) is 15.8 Å². The van der Waals surface area contributed by atoms with Crippen molar-refractivity contribution < 1.29 is 13.4 Å². The zero-order chi connectivity index (χ0) is 20.1. The van der Waals surface area contributed by atoms with E-state index in [1.54, 1.807) is 30.2 Å². The molecule has 2 atom stereocenters. The average Bonchev–Trinajstić information content (AvgIpc) is 3.34. The van der Waals surface area contributed by atoms with Crippen LogP contribution in [0, 0.1) is 12.7 Å². The van der Waals surface area contributed by atoms with Crippen LogP contribution in [0.25, 0.3) is 0 Å². The van der Waals surface area contributed by atoms with Crippen molar-refractivity contribution in [2.45, 2.75) is 38.0 Å². The predicted molar refractivity (Wildman–Crippen MR) is 112 cm³/mol. The van der Waals surface area contributed by atoms with E-state index in [0.717, 1.165) is 36.2 Å². The van der Waals surface area contributed by atoms with E-state index in [1.807, 2.05) is 0 Å². The Balaban J connectivity index is 1.50. The lowest BCUT2D eigenvalue weighted by molar-refractivity contribution is 0.0763. The molecule has 7 heteroatoms. The van der Waals surface area contributed by atoms with Crippen LogP contribution in [-0.4, -0.2) is 44.6 Å². The maximum atomic E-state index is 13.6. The van der Waals surface area contributed by atoms with Crippen molar-refractivity contribution in [2.75, 3.05) is 29.9 Å². The van der Waals surface area contributed by atoms with Crippen molar-refractivity contribution in [1.29, 1.82) is 0 Å². The van der Waals surface area contributed by atoms with Crippen molar-refractivity contribution in [3.63, 3.8) is 0 Å². The topological polar surface area (TPSA) is 62.3 Å². The molecule has 1 aromatic carbocycles. The van der Waals surface area contributed by atoms with Gasteiger partial charge in [0.25, 0.3) is 5.91 Å². The van der Waals surface area contributed by atoms with Crippen molar-refractivity contribution in [3.05, 3.63) is 52.6 Å². The SMILES string of the molecule is Cc1cc(Nc2cnc(C(=O)N3CCS(=O)CC3)c3c2C2CCC3C2)ccc1F. The summed E-state index contributed by atoms with van der Waals surface area (Å²) in [5.74, 6) is 1.67. The average molecular weight is 414 g/mol. The van der Waals surface area contributed by atoms with Gasteiger partial charge in [-0.1, -0.05) is 0 Å². The largest absolute Gasteiger partial charge is 0.354 e. The number of nitrogens with one attached hydrogen (secondary N) is 1. The van der Waals surface area contributed by atoms with Crippen LogP contribution < -0.4 is 5.32 Å². The van der Waals surface area contributed by atoms with Gasteiger partial charge in [0.05, 0.1) is 11.9 Å². The number of nitrogens with zero attached hydrogens (tertiary/aromatic N) is 2. The molecule has 2 fully saturated rings. The first kappa shape index (κ1) is 18.7. The molecule has 1 amide bonds. The second-order valence-corrected chi connectivity index (χ2v) is 9.98. The van der Waals surface area contributed by atoms with Gasteiger partial charge in [0, 0.05) is 41.1 Å². The first-order chi connectivity index (χ1) is 14.0. The van der Waals surface area contributed by atoms with Gasteiger partial charge in [-0.2, -0.15) is 0 Å². The molecule has 1 saturated heterocycles. The van der Waals surface area contributed by atoms with E-state index in [9.17, 15) is 13.4 Å². The van der Waals surface area contributed by atoms with Crippen LogP contribution in [0.5, 0.6) is 0 Å². The van der Waals surface area contributed by atoms with Gasteiger partial charge in [0.15, 0.2) is 0 Å². The third-order valence-corrected chi connectivity index (χ3v) is 7.79. The summed E-state index contributed by atoms with van der Waals surface area (Å²) in [7, 11) is -0.816. The van der Waals surface area contributed by atoms with Crippen LogP contribution >= 0.6 is 0 Å². The van der Waals surface area contributed by atoms with Gasteiger partial charge in [0.1, 0.15) is 11.5 Å². The highest BCUT2D eigenvalue weighted by Gasteiger charge is 2.42. The molecule has 2 unspecified atom stereocenters. The van der Waals surface area contributed by atoms with Crippen LogP contribution in [0.3, 0.4) is 0 Å². The Hall–Kier alpha value is -2.28. The van der Waals surface area contributed by atoms with Gasteiger partial charge >= 0.3 is 0 Å². The summed E-state index contributed by atoms with van der Waals surface area (Å²) in [6.45, 7) is 2.81. The number of hydrogen-bond donors (Lipinski definition) is 1. The van der Waals surface area contributed by atoms with E-state index >= 15 is 0 Å². The molecule has 1 aliphatic heterocycles. The fourth-order valence-corrected chi connectivity index (χ4v) is 6.09. The van der Waals surface area contributed by atoms with Crippen LogP contribution in [-0.2, 0) is 10.8 Å². The Morgan fingerprint density at radius 3 is 2.66 bits per heavy atom. The predicted octanol–water partition coefficient (Wildman–Crippen LogP) is 3.84. The molecule has 1 N–H and O–H groups in total. The van der Waals surface area contributed by atoms with Gasteiger partial charge < -0.3 is 10.2 Å². The van der Waals surface area contributed by atoms with E-state index < -0.39 is 10.8 Å². The number of aryl methyl sites for hydroxylation is 1. The highest BCUT2D eigenvalue weighted by Crippen LogP contribution is 2.56. The molecule has 3 aliphatic rings. The number of amides is 1.